The molecule has 0 N–H and O–H groups in total. The Kier molecular flexibility index (Phi) is 5.09. The Labute approximate surface area is 208 Å². The van der Waals surface area contributed by atoms with Gasteiger partial charge in [-0.2, -0.15) is 8.78 Å². The monoisotopic (exact) mass is 695 g/mol. The van der Waals surface area contributed by atoms with Crippen LogP contribution in [0, 0.1) is 24.9 Å². The fourth-order valence-corrected chi connectivity index (χ4v) is 6.99. The van der Waals surface area contributed by atoms with E-state index in [1.54, 1.807) is 12.1 Å². The van der Waals surface area contributed by atoms with Crippen LogP contribution in [0.2, 0.25) is 0 Å². The quantitative estimate of drug-likeness (QED) is 0.269. The van der Waals surface area contributed by atoms with Gasteiger partial charge in [0.05, 0.1) is 0 Å². The smallest absolute Gasteiger partial charge is 0.428 e. The molecular weight excluding hydrogens is 680 g/mol. The predicted octanol–water partition coefficient (Wildman–Crippen LogP) is 3.40. The van der Waals surface area contributed by atoms with Gasteiger partial charge in [0.25, 0.3) is 5.79 Å². The second kappa shape index (κ2) is 7.10. The van der Waals surface area contributed by atoms with E-state index in [0.29, 0.717) is 24.2 Å². The Morgan fingerprint density at radius 2 is 1.72 bits per heavy atom. The highest BCUT2D eigenvalue weighted by Crippen LogP contribution is 2.63. The number of fused-ring (bicyclic) bond motifs is 1. The normalized spacial score (nSPS) is 35.3. The number of hydrogen-bond donors (Lipinski definition) is 0. The molecule has 0 aromatic heterocycles. The third kappa shape index (κ3) is 3.27. The molecule has 1 aromatic carbocycles. The minimum atomic E-state index is -6.21. The lowest BCUT2D eigenvalue weighted by Gasteiger charge is -2.63. The lowest BCUT2D eigenvalue weighted by Crippen LogP contribution is -2.69. The van der Waals surface area contributed by atoms with Crippen LogP contribution in [0.15, 0.2) is 12.1 Å². The van der Waals surface area contributed by atoms with Gasteiger partial charge in [0, 0.05) is 19.0 Å². The van der Waals surface area contributed by atoms with Gasteiger partial charge in [0.15, 0.2) is 10.1 Å². The molecule has 6 rings (SSSR count). The zero-order valence-electron chi connectivity index (χ0n) is 16.1. The molecular formula is C19H15F2I2O8S-. The van der Waals surface area contributed by atoms with Crippen molar-refractivity contribution in [2.75, 3.05) is 0 Å². The van der Waals surface area contributed by atoms with E-state index < -0.39 is 50.5 Å². The second-order valence-corrected chi connectivity index (χ2v) is 12.6. The number of ether oxygens (including phenoxy) is 3. The second-order valence-electron chi connectivity index (χ2n) is 8.86. The van der Waals surface area contributed by atoms with Crippen molar-refractivity contribution >= 4 is 67.2 Å². The molecule has 2 unspecified atom stereocenters. The molecule has 0 radical (unpaired) electrons. The molecule has 1 aliphatic heterocycles. The standard InChI is InChI=1S/C19H16F2I2O8S/c20-19(21,32(26,27)28)16(25)31-17-5-8-1-9(6-17)18(10(2-8)7-17)29-14-4-13(23)12(22)3-11(14)15(24)30-18/h3-4,8-10H,1-2,5-7H2,(H,26,27,28)/p-1. The maximum absolute atomic E-state index is 13.8. The minimum Gasteiger partial charge on any atom is -0.743 e. The molecule has 13 heteroatoms. The average Bonchev–Trinajstić information content (AvgIpc) is 2.66. The summed E-state index contributed by atoms with van der Waals surface area (Å²) >= 11 is 4.23. The molecule has 1 spiro atoms. The van der Waals surface area contributed by atoms with Crippen LogP contribution in [0.3, 0.4) is 0 Å². The van der Waals surface area contributed by atoms with E-state index in [1.165, 1.54) is 0 Å². The number of esters is 2. The molecule has 1 heterocycles. The number of carbonyl (C=O) groups is 2. The van der Waals surface area contributed by atoms with E-state index in [4.69, 9.17) is 14.2 Å². The molecule has 4 fully saturated rings. The largest absolute Gasteiger partial charge is 0.743 e. The molecule has 174 valence electrons. The highest BCUT2D eigenvalue weighted by atomic mass is 127. The number of carbonyl (C=O) groups excluding carboxylic acids is 2. The van der Waals surface area contributed by atoms with E-state index in [1.807, 2.05) is 0 Å². The van der Waals surface area contributed by atoms with Gasteiger partial charge in [-0.3, -0.25) is 0 Å². The Bertz CT molecular complexity index is 1140. The first-order chi connectivity index (χ1) is 14.8. The van der Waals surface area contributed by atoms with Crippen molar-refractivity contribution in [3.63, 3.8) is 0 Å². The first kappa shape index (κ1) is 23.0. The fourth-order valence-electron chi connectivity index (χ4n) is 5.84. The number of rotatable bonds is 3. The number of hydrogen-bond acceptors (Lipinski definition) is 8. The first-order valence-corrected chi connectivity index (χ1v) is 13.3. The van der Waals surface area contributed by atoms with Gasteiger partial charge < -0.3 is 18.8 Å². The summed E-state index contributed by atoms with van der Waals surface area (Å²) in [5.74, 6) is -4.69. The van der Waals surface area contributed by atoms with Crippen molar-refractivity contribution in [2.24, 2.45) is 17.8 Å². The van der Waals surface area contributed by atoms with E-state index in [2.05, 4.69) is 45.2 Å². The van der Waals surface area contributed by atoms with E-state index in [-0.39, 0.29) is 25.2 Å². The van der Waals surface area contributed by atoms with Crippen LogP contribution in [-0.4, -0.2) is 41.6 Å². The van der Waals surface area contributed by atoms with Crippen LogP contribution in [0.4, 0.5) is 8.78 Å². The Morgan fingerprint density at radius 3 is 2.31 bits per heavy atom. The third-order valence-electron chi connectivity index (χ3n) is 6.90. The summed E-state index contributed by atoms with van der Waals surface area (Å²) in [7, 11) is -6.21. The van der Waals surface area contributed by atoms with Crippen molar-refractivity contribution in [1.82, 2.24) is 0 Å². The topological polar surface area (TPSA) is 119 Å². The SMILES string of the molecule is O=C1OC2(Oc3cc(I)c(I)cc31)C1CC3CC2CC(OC(=O)C(F)(F)S(=O)(=O)[O-])(C3)C1. The summed E-state index contributed by atoms with van der Waals surface area (Å²) in [6, 6.07) is 3.43. The van der Waals surface area contributed by atoms with Crippen molar-refractivity contribution in [2.45, 2.75) is 48.7 Å². The minimum absolute atomic E-state index is 0.00367. The molecule has 4 bridgehead atoms. The number of alkyl halides is 2. The highest BCUT2D eigenvalue weighted by Gasteiger charge is 2.69. The van der Waals surface area contributed by atoms with Crippen LogP contribution < -0.4 is 4.74 Å². The molecule has 1 aromatic rings. The van der Waals surface area contributed by atoms with Crippen LogP contribution in [0.5, 0.6) is 5.75 Å². The van der Waals surface area contributed by atoms with Gasteiger partial charge in [-0.1, -0.05) is 0 Å². The zero-order chi connectivity index (χ0) is 23.3. The van der Waals surface area contributed by atoms with Crippen LogP contribution in [0.1, 0.15) is 42.5 Å². The summed E-state index contributed by atoms with van der Waals surface area (Å²) < 4.78 is 79.0. The summed E-state index contributed by atoms with van der Waals surface area (Å²) in [6.07, 6.45) is 1.55. The van der Waals surface area contributed by atoms with Crippen molar-refractivity contribution < 1.29 is 45.6 Å². The Hall–Kier alpha value is -0.810. The molecule has 5 aliphatic rings. The van der Waals surface area contributed by atoms with Gasteiger partial charge in [0.2, 0.25) is 0 Å². The third-order valence-corrected chi connectivity index (χ3v) is 10.5. The zero-order valence-corrected chi connectivity index (χ0v) is 21.2. The predicted molar refractivity (Wildman–Crippen MR) is 118 cm³/mol. The Morgan fingerprint density at radius 1 is 1.12 bits per heavy atom. The molecule has 32 heavy (non-hydrogen) atoms. The van der Waals surface area contributed by atoms with Gasteiger partial charge in [0.1, 0.15) is 16.9 Å². The summed E-state index contributed by atoms with van der Waals surface area (Å²) in [5, 5.41) is -5.17. The number of halogens is 4. The Balaban J connectivity index is 1.46. The maximum Gasteiger partial charge on any atom is 0.428 e. The van der Waals surface area contributed by atoms with E-state index >= 15 is 0 Å². The molecule has 0 saturated heterocycles. The van der Waals surface area contributed by atoms with Gasteiger partial charge in [-0.25, -0.2) is 18.0 Å². The summed E-state index contributed by atoms with van der Waals surface area (Å²) in [5.41, 5.74) is -1.06. The highest BCUT2D eigenvalue weighted by molar-refractivity contribution is 14.1. The first-order valence-electron chi connectivity index (χ1n) is 9.74. The molecule has 0 amide bonds. The van der Waals surface area contributed by atoms with Crippen LogP contribution in [0.25, 0.3) is 0 Å². The maximum atomic E-state index is 13.8. The molecule has 4 aliphatic carbocycles. The van der Waals surface area contributed by atoms with Crippen LogP contribution in [-0.2, 0) is 24.4 Å². The summed E-state index contributed by atoms with van der Waals surface area (Å²) in [6.45, 7) is 0. The number of benzene rings is 1. The molecule has 4 saturated carbocycles. The fraction of sp³-hybridized carbons (Fsp3) is 0.579. The van der Waals surface area contributed by atoms with Gasteiger partial charge in [-0.15, -0.1) is 0 Å². The molecule has 2 atom stereocenters. The van der Waals surface area contributed by atoms with Crippen molar-refractivity contribution in [3.8, 4) is 5.75 Å². The van der Waals surface area contributed by atoms with Gasteiger partial charge in [-0.05, 0) is 95.3 Å². The van der Waals surface area contributed by atoms with Crippen LogP contribution >= 0.6 is 45.2 Å². The van der Waals surface area contributed by atoms with Crippen molar-refractivity contribution in [1.29, 1.82) is 0 Å². The lowest BCUT2D eigenvalue weighted by atomic mass is 9.51. The average molecular weight is 695 g/mol. The van der Waals surface area contributed by atoms with E-state index in [0.717, 1.165) is 7.14 Å². The van der Waals surface area contributed by atoms with Gasteiger partial charge >= 0.3 is 17.2 Å². The lowest BCUT2D eigenvalue weighted by molar-refractivity contribution is -0.309. The van der Waals surface area contributed by atoms with Crippen molar-refractivity contribution in [3.05, 3.63) is 24.8 Å². The molecule has 8 nitrogen and oxygen atoms in total. The van der Waals surface area contributed by atoms with E-state index in [9.17, 15) is 31.3 Å². The summed E-state index contributed by atoms with van der Waals surface area (Å²) in [4.78, 5) is 24.8.